The number of amides is 1. The average Bonchev–Trinajstić information content (AvgIpc) is 2.86. The molecule has 0 saturated carbocycles. The van der Waals surface area contributed by atoms with Gasteiger partial charge in [0, 0.05) is 63.6 Å². The van der Waals surface area contributed by atoms with Crippen LogP contribution >= 0.6 is 11.6 Å². The standard InChI is InChI=1S/C27H29ClN4O2/c28-25-16-21(9-10-26(25)34-20-23-8-4-5-11-29-23)17-30-18-24(19-30)31-12-14-32(15-13-31)27(33)22-6-2-1-3-7-22/h1-11,16,24H,12-15,17-20H2. The van der Waals surface area contributed by atoms with Crippen LogP contribution in [-0.2, 0) is 13.2 Å². The molecular formula is C27H29ClN4O2. The predicted molar refractivity (Wildman–Crippen MR) is 133 cm³/mol. The summed E-state index contributed by atoms with van der Waals surface area (Å²) < 4.78 is 5.83. The summed E-state index contributed by atoms with van der Waals surface area (Å²) in [6.07, 6.45) is 1.76. The predicted octanol–water partition coefficient (Wildman–Crippen LogP) is 3.96. The molecule has 0 N–H and O–H groups in total. The van der Waals surface area contributed by atoms with E-state index < -0.39 is 0 Å². The van der Waals surface area contributed by atoms with Gasteiger partial charge in [-0.1, -0.05) is 41.9 Å². The van der Waals surface area contributed by atoms with E-state index in [1.807, 2.05) is 65.6 Å². The van der Waals surface area contributed by atoms with Crippen LogP contribution < -0.4 is 4.74 Å². The van der Waals surface area contributed by atoms with Gasteiger partial charge in [-0.25, -0.2) is 0 Å². The molecule has 0 radical (unpaired) electrons. The summed E-state index contributed by atoms with van der Waals surface area (Å²) in [4.78, 5) is 23.9. The van der Waals surface area contributed by atoms with Gasteiger partial charge in [-0.2, -0.15) is 0 Å². The summed E-state index contributed by atoms with van der Waals surface area (Å²) in [5.74, 6) is 0.820. The number of nitrogens with zero attached hydrogens (tertiary/aromatic N) is 4. The molecule has 7 heteroatoms. The molecule has 5 rings (SSSR count). The lowest BCUT2D eigenvalue weighted by Crippen LogP contribution is -2.63. The Kier molecular flexibility index (Phi) is 7.09. The fourth-order valence-corrected chi connectivity index (χ4v) is 4.87. The molecule has 3 heterocycles. The van der Waals surface area contributed by atoms with Crippen molar-refractivity contribution in [2.75, 3.05) is 39.3 Å². The lowest BCUT2D eigenvalue weighted by molar-refractivity contribution is 0.00257. The zero-order valence-electron chi connectivity index (χ0n) is 19.1. The van der Waals surface area contributed by atoms with Gasteiger partial charge in [-0.3, -0.25) is 19.6 Å². The van der Waals surface area contributed by atoms with Crippen molar-refractivity contribution < 1.29 is 9.53 Å². The zero-order chi connectivity index (χ0) is 23.3. The second-order valence-electron chi connectivity index (χ2n) is 8.92. The van der Waals surface area contributed by atoms with Crippen LogP contribution in [0.4, 0.5) is 0 Å². The molecule has 176 valence electrons. The van der Waals surface area contributed by atoms with Crippen molar-refractivity contribution >= 4 is 17.5 Å². The third-order valence-electron chi connectivity index (χ3n) is 6.58. The number of hydrogen-bond donors (Lipinski definition) is 0. The number of pyridine rings is 1. The fourth-order valence-electron chi connectivity index (χ4n) is 4.61. The van der Waals surface area contributed by atoms with Crippen LogP contribution in [0.2, 0.25) is 5.02 Å². The molecule has 0 aliphatic carbocycles. The molecule has 34 heavy (non-hydrogen) atoms. The number of rotatable bonds is 7. The molecule has 2 saturated heterocycles. The Morgan fingerprint density at radius 2 is 1.74 bits per heavy atom. The fraction of sp³-hybridized carbons (Fsp3) is 0.333. The number of aromatic nitrogens is 1. The van der Waals surface area contributed by atoms with Gasteiger partial charge in [0.15, 0.2) is 0 Å². The van der Waals surface area contributed by atoms with Crippen LogP contribution in [0, 0.1) is 0 Å². The normalized spacial score (nSPS) is 17.4. The molecular weight excluding hydrogens is 448 g/mol. The number of benzene rings is 2. The highest BCUT2D eigenvalue weighted by molar-refractivity contribution is 6.32. The molecule has 0 bridgehead atoms. The second-order valence-corrected chi connectivity index (χ2v) is 9.32. The average molecular weight is 477 g/mol. The first-order valence-electron chi connectivity index (χ1n) is 11.8. The molecule has 2 fully saturated rings. The number of ether oxygens (including phenoxy) is 1. The quantitative estimate of drug-likeness (QED) is 0.516. The first-order chi connectivity index (χ1) is 16.7. The van der Waals surface area contributed by atoms with Gasteiger partial charge in [-0.05, 0) is 42.0 Å². The number of carbonyl (C=O) groups excluding carboxylic acids is 1. The maximum atomic E-state index is 12.7. The first-order valence-corrected chi connectivity index (χ1v) is 12.2. The Hall–Kier alpha value is -2.93. The van der Waals surface area contributed by atoms with Gasteiger partial charge in [0.2, 0.25) is 0 Å². The molecule has 3 aromatic rings. The topological polar surface area (TPSA) is 48.9 Å². The highest BCUT2D eigenvalue weighted by Gasteiger charge is 2.34. The van der Waals surface area contributed by atoms with E-state index in [0.29, 0.717) is 23.4 Å². The Labute approximate surface area is 205 Å². The van der Waals surface area contributed by atoms with Crippen molar-refractivity contribution in [2.24, 2.45) is 0 Å². The lowest BCUT2D eigenvalue weighted by atomic mass is 10.0. The van der Waals surface area contributed by atoms with Crippen molar-refractivity contribution in [1.82, 2.24) is 19.7 Å². The summed E-state index contributed by atoms with van der Waals surface area (Å²) in [6.45, 7) is 6.82. The van der Waals surface area contributed by atoms with E-state index in [9.17, 15) is 4.79 Å². The van der Waals surface area contributed by atoms with Gasteiger partial charge >= 0.3 is 0 Å². The van der Waals surface area contributed by atoms with Crippen LogP contribution in [-0.4, -0.2) is 70.9 Å². The van der Waals surface area contributed by atoms with E-state index in [-0.39, 0.29) is 5.91 Å². The summed E-state index contributed by atoms with van der Waals surface area (Å²) in [7, 11) is 0. The van der Waals surface area contributed by atoms with Gasteiger partial charge in [-0.15, -0.1) is 0 Å². The van der Waals surface area contributed by atoms with Crippen molar-refractivity contribution in [3.05, 3.63) is 94.8 Å². The molecule has 0 atom stereocenters. The number of halogens is 1. The summed E-state index contributed by atoms with van der Waals surface area (Å²) in [5.41, 5.74) is 2.84. The van der Waals surface area contributed by atoms with E-state index in [4.69, 9.17) is 16.3 Å². The van der Waals surface area contributed by atoms with Crippen molar-refractivity contribution in [2.45, 2.75) is 19.2 Å². The molecule has 2 aliphatic rings. The Morgan fingerprint density at radius 1 is 0.971 bits per heavy atom. The SMILES string of the molecule is O=C(c1ccccc1)N1CCN(C2CN(Cc3ccc(OCc4ccccn4)c(Cl)c3)C2)CC1. The van der Waals surface area contributed by atoms with Crippen LogP contribution in [0.15, 0.2) is 72.9 Å². The lowest BCUT2D eigenvalue weighted by Gasteiger charge is -2.48. The largest absolute Gasteiger partial charge is 0.486 e. The van der Waals surface area contributed by atoms with Gasteiger partial charge < -0.3 is 9.64 Å². The van der Waals surface area contributed by atoms with Crippen molar-refractivity contribution in [1.29, 1.82) is 0 Å². The van der Waals surface area contributed by atoms with Crippen LogP contribution in [0.1, 0.15) is 21.6 Å². The molecule has 6 nitrogen and oxygen atoms in total. The van der Waals surface area contributed by atoms with Crippen molar-refractivity contribution in [3.8, 4) is 5.75 Å². The van der Waals surface area contributed by atoms with Crippen LogP contribution in [0.3, 0.4) is 0 Å². The number of piperazine rings is 1. The third kappa shape index (κ3) is 5.41. The van der Waals surface area contributed by atoms with E-state index in [1.54, 1.807) is 6.20 Å². The molecule has 0 unspecified atom stereocenters. The highest BCUT2D eigenvalue weighted by atomic mass is 35.5. The molecule has 0 spiro atoms. The second kappa shape index (κ2) is 10.6. The van der Waals surface area contributed by atoms with Gasteiger partial charge in [0.1, 0.15) is 12.4 Å². The maximum absolute atomic E-state index is 12.7. The van der Waals surface area contributed by atoms with E-state index in [1.165, 1.54) is 5.56 Å². The molecule has 2 aliphatic heterocycles. The minimum Gasteiger partial charge on any atom is -0.486 e. The number of carbonyl (C=O) groups is 1. The Bertz CT molecular complexity index is 1100. The van der Waals surface area contributed by atoms with E-state index in [0.717, 1.165) is 57.1 Å². The van der Waals surface area contributed by atoms with Crippen LogP contribution in [0.25, 0.3) is 0 Å². The smallest absolute Gasteiger partial charge is 0.253 e. The van der Waals surface area contributed by atoms with Crippen molar-refractivity contribution in [3.63, 3.8) is 0 Å². The summed E-state index contributed by atoms with van der Waals surface area (Å²) in [5, 5.41) is 0.629. The molecule has 1 aromatic heterocycles. The van der Waals surface area contributed by atoms with E-state index >= 15 is 0 Å². The molecule has 1 amide bonds. The minimum absolute atomic E-state index is 0.139. The highest BCUT2D eigenvalue weighted by Crippen LogP contribution is 2.28. The third-order valence-corrected chi connectivity index (χ3v) is 6.88. The maximum Gasteiger partial charge on any atom is 0.253 e. The van der Waals surface area contributed by atoms with E-state index in [2.05, 4.69) is 20.9 Å². The number of hydrogen-bond acceptors (Lipinski definition) is 5. The molecule has 2 aromatic carbocycles. The van der Waals surface area contributed by atoms with Gasteiger partial charge in [0.25, 0.3) is 5.91 Å². The monoisotopic (exact) mass is 476 g/mol. The minimum atomic E-state index is 0.139. The van der Waals surface area contributed by atoms with Crippen LogP contribution in [0.5, 0.6) is 5.75 Å². The number of likely N-dealkylation sites (tertiary alicyclic amines) is 1. The first kappa shape index (κ1) is 22.8. The zero-order valence-corrected chi connectivity index (χ0v) is 19.9. The Morgan fingerprint density at radius 3 is 2.44 bits per heavy atom. The summed E-state index contributed by atoms with van der Waals surface area (Å²) in [6, 6.07) is 21.9. The summed E-state index contributed by atoms with van der Waals surface area (Å²) >= 11 is 6.47. The van der Waals surface area contributed by atoms with Gasteiger partial charge in [0.05, 0.1) is 10.7 Å². The Balaban J connectivity index is 1.06.